The molecule has 0 radical (unpaired) electrons. The summed E-state index contributed by atoms with van der Waals surface area (Å²) in [6.45, 7) is 0. The second-order valence-corrected chi connectivity index (χ2v) is 6.79. The van der Waals surface area contributed by atoms with Crippen LogP contribution in [0.3, 0.4) is 0 Å². The number of nitro benzene ring substituents is 1. The van der Waals surface area contributed by atoms with Gasteiger partial charge in [-0.2, -0.15) is 0 Å². The molecule has 1 aromatic heterocycles. The minimum atomic E-state index is -0.626. The smallest absolute Gasteiger partial charge is 0.363 e. The molecular weight excluding hydrogens is 419 g/mol. The van der Waals surface area contributed by atoms with Gasteiger partial charge < -0.3 is 9.15 Å². The van der Waals surface area contributed by atoms with Gasteiger partial charge in [-0.1, -0.05) is 23.2 Å². The Morgan fingerprint density at radius 3 is 2.38 bits per heavy atom. The third-order valence-electron chi connectivity index (χ3n) is 4.06. The monoisotopic (exact) mass is 428 g/mol. The van der Waals surface area contributed by atoms with Crippen molar-refractivity contribution in [1.82, 2.24) is 0 Å². The molecule has 7 nitrogen and oxygen atoms in total. The van der Waals surface area contributed by atoms with Crippen molar-refractivity contribution < 1.29 is 18.9 Å². The van der Waals surface area contributed by atoms with Gasteiger partial charge in [-0.25, -0.2) is 9.79 Å². The predicted molar refractivity (Wildman–Crippen MR) is 108 cm³/mol. The Morgan fingerprint density at radius 2 is 1.69 bits per heavy atom. The molecule has 0 saturated carbocycles. The van der Waals surface area contributed by atoms with E-state index in [4.69, 9.17) is 32.4 Å². The van der Waals surface area contributed by atoms with E-state index in [1.54, 1.807) is 42.5 Å². The number of nitro groups is 1. The lowest BCUT2D eigenvalue weighted by atomic mass is 10.1. The van der Waals surface area contributed by atoms with E-state index in [2.05, 4.69) is 4.99 Å². The number of carbonyl (C=O) groups is 1. The number of ether oxygens (including phenoxy) is 1. The molecule has 0 aliphatic carbocycles. The van der Waals surface area contributed by atoms with E-state index >= 15 is 0 Å². The normalized spacial score (nSPS) is 14.8. The van der Waals surface area contributed by atoms with Crippen LogP contribution in [0.25, 0.3) is 17.4 Å². The van der Waals surface area contributed by atoms with Crippen LogP contribution in [-0.2, 0) is 9.53 Å². The van der Waals surface area contributed by atoms with Crippen molar-refractivity contribution in [3.8, 4) is 11.3 Å². The summed E-state index contributed by atoms with van der Waals surface area (Å²) < 4.78 is 10.9. The van der Waals surface area contributed by atoms with E-state index in [0.717, 1.165) is 0 Å². The van der Waals surface area contributed by atoms with Crippen LogP contribution in [0.5, 0.6) is 0 Å². The lowest BCUT2D eigenvalue weighted by molar-refractivity contribution is -0.384. The zero-order chi connectivity index (χ0) is 20.5. The summed E-state index contributed by atoms with van der Waals surface area (Å²) in [5.74, 6) is 0.359. The van der Waals surface area contributed by atoms with E-state index in [-0.39, 0.29) is 17.3 Å². The second-order valence-electron chi connectivity index (χ2n) is 5.97. The molecule has 9 heteroatoms. The molecule has 0 amide bonds. The van der Waals surface area contributed by atoms with Crippen LogP contribution in [0.4, 0.5) is 5.69 Å². The van der Waals surface area contributed by atoms with Gasteiger partial charge >= 0.3 is 5.97 Å². The number of aliphatic imine (C=N–C) groups is 1. The molecule has 0 N–H and O–H groups in total. The van der Waals surface area contributed by atoms with Crippen LogP contribution in [0.2, 0.25) is 10.0 Å². The summed E-state index contributed by atoms with van der Waals surface area (Å²) in [7, 11) is 0. The van der Waals surface area contributed by atoms with Gasteiger partial charge in [0.1, 0.15) is 11.5 Å². The summed E-state index contributed by atoms with van der Waals surface area (Å²) in [4.78, 5) is 26.6. The van der Waals surface area contributed by atoms with Crippen LogP contribution in [0.15, 0.2) is 69.7 Å². The Kier molecular flexibility index (Phi) is 4.92. The Morgan fingerprint density at radius 1 is 0.966 bits per heavy atom. The SMILES string of the molecule is O=C1OC(c2ccc(Cl)c(Cl)c2)=N/C1=C\c1ccc(-c2ccc([N+](=O)[O-])cc2)o1. The van der Waals surface area contributed by atoms with Crippen LogP contribution in [-0.4, -0.2) is 16.8 Å². The number of rotatable bonds is 4. The number of furan rings is 1. The molecule has 0 saturated heterocycles. The third-order valence-corrected chi connectivity index (χ3v) is 4.79. The number of hydrogen-bond donors (Lipinski definition) is 0. The lowest BCUT2D eigenvalue weighted by Crippen LogP contribution is -2.05. The predicted octanol–water partition coefficient (Wildman–Crippen LogP) is 5.51. The van der Waals surface area contributed by atoms with Gasteiger partial charge in [-0.05, 0) is 42.5 Å². The molecule has 0 spiro atoms. The average Bonchev–Trinajstić information content (AvgIpc) is 3.31. The van der Waals surface area contributed by atoms with Crippen LogP contribution in [0.1, 0.15) is 11.3 Å². The molecule has 1 aliphatic rings. The standard InChI is InChI=1S/C20H10Cl2N2O5/c21-15-7-3-12(9-16(15)22)19-23-17(20(25)29-19)10-14-6-8-18(28-14)11-1-4-13(5-2-11)24(26)27/h1-10H/b17-10-. The van der Waals surface area contributed by atoms with Crippen molar-refractivity contribution in [2.24, 2.45) is 4.99 Å². The van der Waals surface area contributed by atoms with Gasteiger partial charge in [-0.15, -0.1) is 0 Å². The first-order chi connectivity index (χ1) is 13.9. The number of cyclic esters (lactones) is 1. The molecular formula is C20H10Cl2N2O5. The number of halogens is 2. The number of carbonyl (C=O) groups excluding carboxylic acids is 1. The fourth-order valence-electron chi connectivity index (χ4n) is 2.63. The van der Waals surface area contributed by atoms with Gasteiger partial charge in [0.2, 0.25) is 5.90 Å². The van der Waals surface area contributed by atoms with E-state index < -0.39 is 10.9 Å². The maximum Gasteiger partial charge on any atom is 0.363 e. The molecule has 2 heterocycles. The van der Waals surface area contributed by atoms with E-state index in [9.17, 15) is 14.9 Å². The van der Waals surface area contributed by atoms with Crippen molar-refractivity contribution in [2.75, 3.05) is 0 Å². The molecule has 3 aromatic rings. The third kappa shape index (κ3) is 3.91. The first kappa shape index (κ1) is 18.9. The highest BCUT2D eigenvalue weighted by molar-refractivity contribution is 6.42. The summed E-state index contributed by atoms with van der Waals surface area (Å²) in [6.07, 6.45) is 1.45. The topological polar surface area (TPSA) is 94.9 Å². The maximum absolute atomic E-state index is 12.1. The molecule has 0 atom stereocenters. The van der Waals surface area contributed by atoms with Crippen molar-refractivity contribution in [2.45, 2.75) is 0 Å². The average molecular weight is 429 g/mol. The first-order valence-corrected chi connectivity index (χ1v) is 8.99. The Balaban J connectivity index is 1.59. The van der Waals surface area contributed by atoms with E-state index in [0.29, 0.717) is 32.7 Å². The lowest BCUT2D eigenvalue weighted by Gasteiger charge is -2.01. The summed E-state index contributed by atoms with van der Waals surface area (Å²) >= 11 is 11.9. The van der Waals surface area contributed by atoms with Crippen molar-refractivity contribution in [3.63, 3.8) is 0 Å². The molecule has 2 aromatic carbocycles. The van der Waals surface area contributed by atoms with Gasteiger partial charge in [0.25, 0.3) is 5.69 Å². The molecule has 29 heavy (non-hydrogen) atoms. The highest BCUT2D eigenvalue weighted by atomic mass is 35.5. The van der Waals surface area contributed by atoms with Crippen LogP contribution < -0.4 is 0 Å². The molecule has 4 rings (SSSR count). The van der Waals surface area contributed by atoms with Crippen molar-refractivity contribution >= 4 is 46.8 Å². The first-order valence-electron chi connectivity index (χ1n) is 8.23. The minimum absolute atomic E-state index is 0.0134. The minimum Gasteiger partial charge on any atom is -0.457 e. The van der Waals surface area contributed by atoms with E-state index in [1.807, 2.05) is 0 Å². The maximum atomic E-state index is 12.1. The van der Waals surface area contributed by atoms with Crippen molar-refractivity contribution in [1.29, 1.82) is 0 Å². The molecule has 1 aliphatic heterocycles. The largest absolute Gasteiger partial charge is 0.457 e. The van der Waals surface area contributed by atoms with Crippen LogP contribution in [0, 0.1) is 10.1 Å². The Bertz CT molecular complexity index is 1200. The number of benzene rings is 2. The van der Waals surface area contributed by atoms with Gasteiger partial charge in [0.15, 0.2) is 5.70 Å². The zero-order valence-corrected chi connectivity index (χ0v) is 16.0. The number of nitrogens with zero attached hydrogens (tertiary/aromatic N) is 2. The van der Waals surface area contributed by atoms with Crippen LogP contribution >= 0.6 is 23.2 Å². The number of esters is 1. The highest BCUT2D eigenvalue weighted by Crippen LogP contribution is 2.28. The summed E-state index contributed by atoms with van der Waals surface area (Å²) in [5, 5.41) is 11.4. The van der Waals surface area contributed by atoms with Gasteiger partial charge in [0.05, 0.1) is 15.0 Å². The molecule has 0 fully saturated rings. The number of non-ortho nitro benzene ring substituents is 1. The fourth-order valence-corrected chi connectivity index (χ4v) is 2.93. The van der Waals surface area contributed by atoms with Gasteiger partial charge in [0, 0.05) is 29.3 Å². The van der Waals surface area contributed by atoms with Gasteiger partial charge in [-0.3, -0.25) is 10.1 Å². The zero-order valence-electron chi connectivity index (χ0n) is 14.5. The number of hydrogen-bond acceptors (Lipinski definition) is 6. The highest BCUT2D eigenvalue weighted by Gasteiger charge is 2.25. The van der Waals surface area contributed by atoms with E-state index in [1.165, 1.54) is 18.2 Å². The Labute approximate surface area is 174 Å². The Hall–Kier alpha value is -3.42. The molecule has 0 unspecified atom stereocenters. The quantitative estimate of drug-likeness (QED) is 0.236. The second kappa shape index (κ2) is 7.54. The fraction of sp³-hybridized carbons (Fsp3) is 0. The summed E-state index contributed by atoms with van der Waals surface area (Å²) in [5.41, 5.74) is 1.23. The molecule has 0 bridgehead atoms. The molecule has 144 valence electrons. The summed E-state index contributed by atoms with van der Waals surface area (Å²) in [6, 6.07) is 14.1. The van der Waals surface area contributed by atoms with Crippen molar-refractivity contribution in [3.05, 3.63) is 91.8 Å².